The largest absolute Gasteiger partial charge is 0.390 e. The summed E-state index contributed by atoms with van der Waals surface area (Å²) in [6.07, 6.45) is 4.09. The standard InChI is InChI=1S/C46H48F2N2O9S/c1-43-17-16-29(52)19-34(43)35(47)20-33-32-21-38-46(37(54)24-51,44(32,2)22-36(53)45(33,43)48)59-42(58-38)27-10-12-30(13-11-27)60-31-5-3-4-28(18-31)49-41(57)26-8-6-25(7-9-26)23-50-39(55)14-15-40(50)56/h3-5,10-19,25-26,32-33,35-36,38,42,51,53H,6-9,20-24H2,1-2H3,(H,49,57)/p+1/t25?,26?,32-,33-,35-,36-,38+,42+,43-,44-,45-,46+/m0/s1. The minimum Gasteiger partial charge on any atom is -0.390 e. The van der Waals surface area contributed by atoms with E-state index in [-0.39, 0.29) is 60.2 Å². The number of hydrogen-bond acceptors (Lipinski definition) is 9. The summed E-state index contributed by atoms with van der Waals surface area (Å²) in [5, 5.41) is 25.2. The zero-order chi connectivity index (χ0) is 42.4. The Bertz CT molecular complexity index is 2220. The SMILES string of the molecule is C[C@]12C=CC(=[OH+])C=C1[C@@H](F)C[C@H]1[C@@H]3C[C@H]4O[C@@H](c5ccc(Sc6cccc(NC(=O)C7CCC(CN8C(=O)C=CC8=O)CC7)c6)cc5)O[C@@]4(C(=O)CO)[C@@]3(C)C[C@H](O)[C@@]12F. The second kappa shape index (κ2) is 14.9. The van der Waals surface area contributed by atoms with E-state index in [1.165, 1.54) is 47.0 Å². The molecule has 3 amide bonds. The number of nitrogens with one attached hydrogen (secondary N) is 1. The summed E-state index contributed by atoms with van der Waals surface area (Å²) in [5.41, 5.74) is -5.40. The molecule has 4 saturated carbocycles. The van der Waals surface area contributed by atoms with Crippen LogP contribution in [-0.4, -0.2) is 92.0 Å². The number of rotatable bonds is 9. The fraction of sp³-hybridized carbons (Fsp3) is 0.500. The van der Waals surface area contributed by atoms with Crippen molar-refractivity contribution < 1.29 is 52.4 Å². The molecule has 9 rings (SSSR count). The van der Waals surface area contributed by atoms with Crippen molar-refractivity contribution in [3.8, 4) is 0 Å². The third-order valence-electron chi connectivity index (χ3n) is 15.0. The number of fused-ring (bicyclic) bond motifs is 7. The minimum atomic E-state index is -2.30. The maximum atomic E-state index is 17.7. The van der Waals surface area contributed by atoms with Crippen LogP contribution in [0.15, 0.2) is 94.3 Å². The van der Waals surface area contributed by atoms with Gasteiger partial charge in [0.25, 0.3) is 11.8 Å². The van der Waals surface area contributed by atoms with Crippen LogP contribution in [-0.2, 0) is 28.7 Å². The van der Waals surface area contributed by atoms with Crippen LogP contribution in [0.25, 0.3) is 0 Å². The van der Waals surface area contributed by atoms with Gasteiger partial charge in [-0.25, -0.2) is 8.78 Å². The smallest absolute Gasteiger partial charge is 0.339 e. The molecule has 5 fully saturated rings. The molecule has 2 aliphatic heterocycles. The van der Waals surface area contributed by atoms with Crippen molar-refractivity contribution in [3.05, 3.63) is 90.0 Å². The van der Waals surface area contributed by atoms with Gasteiger partial charge in [-0.15, -0.1) is 0 Å². The molecule has 1 saturated heterocycles. The lowest BCUT2D eigenvalue weighted by Gasteiger charge is -2.63. The normalized spacial score (nSPS) is 39.2. The first-order chi connectivity index (χ1) is 28.6. The number of hydrogen-bond donors (Lipinski definition) is 3. The zero-order valence-corrected chi connectivity index (χ0v) is 34.2. The third-order valence-corrected chi connectivity index (χ3v) is 16.0. The summed E-state index contributed by atoms with van der Waals surface area (Å²) in [4.78, 5) is 64.3. The van der Waals surface area contributed by atoms with E-state index in [1.54, 1.807) is 13.8 Å². The van der Waals surface area contributed by atoms with E-state index in [0.29, 0.717) is 30.6 Å². The van der Waals surface area contributed by atoms with Crippen LogP contribution in [0.3, 0.4) is 0 Å². The first-order valence-electron chi connectivity index (χ1n) is 20.8. The third kappa shape index (κ3) is 6.22. The van der Waals surface area contributed by atoms with E-state index < -0.39 is 71.0 Å². The fourth-order valence-corrected chi connectivity index (χ4v) is 12.8. The second-order valence-corrected chi connectivity index (χ2v) is 19.2. The van der Waals surface area contributed by atoms with Crippen molar-refractivity contribution >= 4 is 46.7 Å². The monoisotopic (exact) mass is 843 g/mol. The summed E-state index contributed by atoms with van der Waals surface area (Å²) in [6, 6.07) is 15.0. The Hall–Kier alpha value is -4.34. The number of ketones is 2. The van der Waals surface area contributed by atoms with Crippen LogP contribution < -0.4 is 5.32 Å². The van der Waals surface area contributed by atoms with Gasteiger partial charge in [0.15, 0.2) is 23.3 Å². The first-order valence-corrected chi connectivity index (χ1v) is 21.6. The second-order valence-electron chi connectivity index (χ2n) is 18.0. The molecule has 2 aromatic carbocycles. The number of halogens is 2. The number of allylic oxidation sites excluding steroid dienone is 4. The summed E-state index contributed by atoms with van der Waals surface area (Å²) in [6.45, 7) is 2.84. The number of carbonyl (C=O) groups excluding carboxylic acids is 5. The van der Waals surface area contributed by atoms with Gasteiger partial charge in [0.05, 0.1) is 12.2 Å². The number of benzene rings is 2. The number of aliphatic hydroxyl groups is 2. The van der Waals surface area contributed by atoms with Crippen LogP contribution in [0.1, 0.15) is 70.6 Å². The highest BCUT2D eigenvalue weighted by atomic mass is 32.2. The predicted molar refractivity (Wildman–Crippen MR) is 216 cm³/mol. The topological polar surface area (TPSA) is 164 Å². The first kappa shape index (κ1) is 41.0. The number of carbonyl (C=O) groups is 4. The number of nitrogens with zero attached hydrogens (tertiary/aromatic N) is 1. The fourth-order valence-electron chi connectivity index (χ4n) is 11.9. The van der Waals surface area contributed by atoms with Crippen molar-refractivity contribution in [2.24, 2.45) is 34.5 Å². The van der Waals surface area contributed by atoms with Gasteiger partial charge in [0.1, 0.15) is 12.8 Å². The molecular weight excluding hydrogens is 795 g/mol. The van der Waals surface area contributed by atoms with Gasteiger partial charge < -0.3 is 25.0 Å². The Balaban J connectivity index is 0.860. The van der Waals surface area contributed by atoms with E-state index in [9.17, 15) is 34.2 Å². The molecule has 10 atom stereocenters. The lowest BCUT2D eigenvalue weighted by atomic mass is 9.44. The molecule has 0 unspecified atom stereocenters. The Morgan fingerprint density at radius 2 is 1.70 bits per heavy atom. The van der Waals surface area contributed by atoms with Crippen molar-refractivity contribution in [2.45, 2.75) is 105 Å². The maximum Gasteiger partial charge on any atom is 0.339 e. The Morgan fingerprint density at radius 3 is 2.40 bits per heavy atom. The molecule has 14 heteroatoms. The average Bonchev–Trinajstić information content (AvgIpc) is 3.85. The van der Waals surface area contributed by atoms with Crippen LogP contribution in [0.5, 0.6) is 0 Å². The summed E-state index contributed by atoms with van der Waals surface area (Å²) < 4.78 is 46.8. The van der Waals surface area contributed by atoms with Gasteiger partial charge in [-0.1, -0.05) is 43.0 Å². The Kier molecular flexibility index (Phi) is 10.2. The molecule has 60 heavy (non-hydrogen) atoms. The van der Waals surface area contributed by atoms with Crippen LogP contribution in [0.2, 0.25) is 0 Å². The van der Waals surface area contributed by atoms with Crippen LogP contribution in [0.4, 0.5) is 14.5 Å². The number of imide groups is 1. The predicted octanol–water partition coefficient (Wildman–Crippen LogP) is 6.13. The highest BCUT2D eigenvalue weighted by Crippen LogP contribution is 2.72. The Labute approximate surface area is 350 Å². The molecular formula is C46H49F2N2O9S+. The van der Waals surface area contributed by atoms with E-state index in [2.05, 4.69) is 5.32 Å². The lowest BCUT2D eigenvalue weighted by Crippen LogP contribution is -2.70. The molecule has 2 aromatic rings. The average molecular weight is 844 g/mol. The van der Waals surface area contributed by atoms with Gasteiger partial charge in [-0.2, -0.15) is 0 Å². The van der Waals surface area contributed by atoms with Gasteiger partial charge >= 0.3 is 5.78 Å². The molecule has 4 N–H and O–H groups in total. The van der Waals surface area contributed by atoms with Gasteiger partial charge in [0.2, 0.25) is 5.91 Å². The van der Waals surface area contributed by atoms with Crippen LogP contribution >= 0.6 is 11.8 Å². The molecule has 2 heterocycles. The maximum absolute atomic E-state index is 17.7. The summed E-state index contributed by atoms with van der Waals surface area (Å²) in [5.74, 6) is -3.07. The van der Waals surface area contributed by atoms with E-state index in [0.717, 1.165) is 22.6 Å². The van der Waals surface area contributed by atoms with Crippen molar-refractivity contribution in [1.82, 2.24) is 4.90 Å². The quantitative estimate of drug-likeness (QED) is 0.199. The minimum absolute atomic E-state index is 0.0621. The zero-order valence-electron chi connectivity index (χ0n) is 33.4. The number of ether oxygens (including phenoxy) is 2. The van der Waals surface area contributed by atoms with E-state index >= 15 is 8.78 Å². The molecule has 316 valence electrons. The number of aliphatic hydroxyl groups excluding tert-OH is 2. The Morgan fingerprint density at radius 1 is 0.983 bits per heavy atom. The summed E-state index contributed by atoms with van der Waals surface area (Å²) >= 11 is 1.49. The molecule has 5 aliphatic carbocycles. The molecule has 0 spiro atoms. The number of alkyl halides is 2. The van der Waals surface area contributed by atoms with Crippen molar-refractivity contribution in [3.63, 3.8) is 0 Å². The van der Waals surface area contributed by atoms with Gasteiger partial charge in [-0.05, 0) is 99.6 Å². The molecule has 11 nitrogen and oxygen atoms in total. The van der Waals surface area contributed by atoms with Gasteiger partial charge in [0, 0.05) is 74.6 Å². The lowest BCUT2D eigenvalue weighted by molar-refractivity contribution is -0.235. The van der Waals surface area contributed by atoms with Gasteiger partial charge in [-0.3, -0.25) is 28.9 Å². The highest BCUT2D eigenvalue weighted by Gasteiger charge is 2.80. The summed E-state index contributed by atoms with van der Waals surface area (Å²) in [7, 11) is 0. The van der Waals surface area contributed by atoms with E-state index in [4.69, 9.17) is 9.47 Å². The molecule has 0 bridgehead atoms. The molecule has 0 aromatic heterocycles. The number of Topliss-reactive ketones (excluding diaryl/α,β-unsaturated/α-hetero) is 1. The number of amides is 3. The van der Waals surface area contributed by atoms with E-state index in [1.807, 2.05) is 48.5 Å². The highest BCUT2D eigenvalue weighted by molar-refractivity contribution is 7.99. The van der Waals surface area contributed by atoms with Crippen molar-refractivity contribution in [2.75, 3.05) is 18.5 Å². The molecule has 0 radical (unpaired) electrons. The van der Waals surface area contributed by atoms with Crippen molar-refractivity contribution in [1.29, 1.82) is 0 Å². The van der Waals surface area contributed by atoms with Crippen LogP contribution in [0, 0.1) is 34.5 Å². The number of anilines is 1. The molecule has 7 aliphatic rings.